The number of aryl methyl sites for hydroxylation is 1. The third kappa shape index (κ3) is 4.82. The number of hydrogen-bond donors (Lipinski definition) is 1. The second-order valence-corrected chi connectivity index (χ2v) is 7.41. The molecule has 138 valence electrons. The van der Waals surface area contributed by atoms with Gasteiger partial charge in [-0.25, -0.2) is 4.98 Å². The van der Waals surface area contributed by atoms with Crippen LogP contribution in [0.5, 0.6) is 0 Å². The number of nitrogens with one attached hydrogen (secondary N) is 1. The Hall–Kier alpha value is -2.40. The number of aromatic nitrogens is 1. The first-order valence-corrected chi connectivity index (χ1v) is 9.32. The third-order valence-electron chi connectivity index (χ3n) is 4.61. The number of pyridine rings is 1. The van der Waals surface area contributed by atoms with Crippen molar-refractivity contribution in [2.45, 2.75) is 20.8 Å². The van der Waals surface area contributed by atoms with Gasteiger partial charge in [-0.1, -0.05) is 31.5 Å². The molecular weight excluding hydrogens is 324 g/mol. The van der Waals surface area contributed by atoms with Crippen LogP contribution in [0.3, 0.4) is 0 Å². The molecule has 1 N–H and O–H groups in total. The first-order valence-electron chi connectivity index (χ1n) is 9.32. The van der Waals surface area contributed by atoms with Gasteiger partial charge in [0.25, 0.3) is 5.91 Å². The Morgan fingerprint density at radius 2 is 1.92 bits per heavy atom. The highest BCUT2D eigenvalue weighted by Crippen LogP contribution is 2.17. The summed E-state index contributed by atoms with van der Waals surface area (Å²) in [5.74, 6) is 1.57. The molecule has 5 nitrogen and oxygen atoms in total. The van der Waals surface area contributed by atoms with Crippen molar-refractivity contribution in [2.75, 3.05) is 42.9 Å². The summed E-state index contributed by atoms with van der Waals surface area (Å²) < 4.78 is 0. The maximum absolute atomic E-state index is 12.3. The largest absolute Gasteiger partial charge is 0.354 e. The molecule has 1 amide bonds. The van der Waals surface area contributed by atoms with Gasteiger partial charge in [0, 0.05) is 38.3 Å². The summed E-state index contributed by atoms with van der Waals surface area (Å²) >= 11 is 0. The fourth-order valence-electron chi connectivity index (χ4n) is 3.31. The van der Waals surface area contributed by atoms with Gasteiger partial charge in [-0.05, 0) is 37.1 Å². The topological polar surface area (TPSA) is 48.5 Å². The van der Waals surface area contributed by atoms with Crippen LogP contribution in [0.1, 0.15) is 29.8 Å². The lowest BCUT2D eigenvalue weighted by Gasteiger charge is -2.36. The minimum absolute atomic E-state index is 0.106. The average Bonchev–Trinajstić information content (AvgIpc) is 2.62. The Morgan fingerprint density at radius 1 is 1.15 bits per heavy atom. The summed E-state index contributed by atoms with van der Waals surface area (Å²) in [6, 6.07) is 11.5. The number of nitrogens with zero attached hydrogens (tertiary/aromatic N) is 3. The zero-order valence-corrected chi connectivity index (χ0v) is 15.9. The molecule has 3 rings (SSSR count). The van der Waals surface area contributed by atoms with Gasteiger partial charge >= 0.3 is 0 Å². The van der Waals surface area contributed by atoms with Crippen molar-refractivity contribution in [1.82, 2.24) is 9.88 Å². The molecule has 0 aliphatic carbocycles. The lowest BCUT2D eigenvalue weighted by molar-refractivity contribution is 0.102. The molecule has 1 fully saturated rings. The van der Waals surface area contributed by atoms with Gasteiger partial charge in [0.2, 0.25) is 0 Å². The zero-order chi connectivity index (χ0) is 18.5. The van der Waals surface area contributed by atoms with Crippen LogP contribution in [0.15, 0.2) is 42.6 Å². The van der Waals surface area contributed by atoms with Crippen molar-refractivity contribution in [2.24, 2.45) is 5.92 Å². The lowest BCUT2D eigenvalue weighted by Crippen LogP contribution is -2.47. The van der Waals surface area contributed by atoms with Crippen LogP contribution < -0.4 is 10.2 Å². The number of amides is 1. The van der Waals surface area contributed by atoms with E-state index in [1.165, 1.54) is 0 Å². The van der Waals surface area contributed by atoms with E-state index < -0.39 is 0 Å². The van der Waals surface area contributed by atoms with E-state index in [-0.39, 0.29) is 5.91 Å². The number of benzene rings is 1. The van der Waals surface area contributed by atoms with E-state index in [0.717, 1.165) is 49.8 Å². The fourth-order valence-corrected chi connectivity index (χ4v) is 3.31. The summed E-state index contributed by atoms with van der Waals surface area (Å²) in [4.78, 5) is 21.7. The predicted molar refractivity (Wildman–Crippen MR) is 107 cm³/mol. The molecule has 0 bridgehead atoms. The molecule has 0 atom stereocenters. The van der Waals surface area contributed by atoms with Gasteiger partial charge in [0.05, 0.1) is 11.9 Å². The van der Waals surface area contributed by atoms with E-state index in [1.807, 2.05) is 43.3 Å². The van der Waals surface area contributed by atoms with Crippen molar-refractivity contribution >= 4 is 17.4 Å². The van der Waals surface area contributed by atoms with Crippen LogP contribution >= 0.6 is 0 Å². The van der Waals surface area contributed by atoms with Crippen LogP contribution in [-0.4, -0.2) is 48.5 Å². The second-order valence-electron chi connectivity index (χ2n) is 7.41. The smallest absolute Gasteiger partial charge is 0.255 e. The first-order chi connectivity index (χ1) is 12.5. The summed E-state index contributed by atoms with van der Waals surface area (Å²) in [6.07, 6.45) is 1.74. The predicted octanol–water partition coefficient (Wildman–Crippen LogP) is 3.42. The molecule has 0 spiro atoms. The maximum atomic E-state index is 12.3. The minimum Gasteiger partial charge on any atom is -0.354 e. The van der Waals surface area contributed by atoms with Crippen molar-refractivity contribution in [3.63, 3.8) is 0 Å². The number of carbonyl (C=O) groups is 1. The molecule has 2 aromatic rings. The Morgan fingerprint density at radius 3 is 2.54 bits per heavy atom. The normalized spacial score (nSPS) is 15.3. The highest BCUT2D eigenvalue weighted by molar-refractivity contribution is 6.04. The van der Waals surface area contributed by atoms with Gasteiger partial charge in [-0.15, -0.1) is 0 Å². The Labute approximate surface area is 156 Å². The molecular formula is C21H28N4O. The van der Waals surface area contributed by atoms with E-state index in [4.69, 9.17) is 0 Å². The van der Waals surface area contributed by atoms with E-state index >= 15 is 0 Å². The highest BCUT2D eigenvalue weighted by Gasteiger charge is 2.18. The minimum atomic E-state index is -0.106. The van der Waals surface area contributed by atoms with Gasteiger partial charge < -0.3 is 10.2 Å². The molecule has 26 heavy (non-hydrogen) atoms. The fraction of sp³-hybridized carbons (Fsp3) is 0.429. The van der Waals surface area contributed by atoms with Gasteiger partial charge in [0.1, 0.15) is 5.82 Å². The first kappa shape index (κ1) is 18.4. The van der Waals surface area contributed by atoms with Gasteiger partial charge in [-0.2, -0.15) is 0 Å². The molecule has 1 aromatic carbocycles. The molecule has 5 heteroatoms. The molecule has 0 saturated carbocycles. The molecule has 1 aromatic heterocycles. The Kier molecular flexibility index (Phi) is 5.89. The molecule has 1 aliphatic rings. The van der Waals surface area contributed by atoms with Crippen molar-refractivity contribution < 1.29 is 4.79 Å². The van der Waals surface area contributed by atoms with Crippen molar-refractivity contribution in [3.05, 3.63) is 53.7 Å². The van der Waals surface area contributed by atoms with Crippen LogP contribution in [0.4, 0.5) is 11.5 Å². The van der Waals surface area contributed by atoms with Crippen LogP contribution in [-0.2, 0) is 0 Å². The van der Waals surface area contributed by atoms with E-state index in [9.17, 15) is 4.79 Å². The monoisotopic (exact) mass is 352 g/mol. The van der Waals surface area contributed by atoms with Crippen LogP contribution in [0.2, 0.25) is 0 Å². The molecule has 1 saturated heterocycles. The van der Waals surface area contributed by atoms with Crippen molar-refractivity contribution in [3.8, 4) is 0 Å². The van der Waals surface area contributed by atoms with Gasteiger partial charge in [0.15, 0.2) is 0 Å². The highest BCUT2D eigenvalue weighted by atomic mass is 16.1. The van der Waals surface area contributed by atoms with Crippen LogP contribution in [0.25, 0.3) is 0 Å². The van der Waals surface area contributed by atoms with Crippen LogP contribution in [0, 0.1) is 12.8 Å². The molecule has 0 radical (unpaired) electrons. The Bertz CT molecular complexity index is 734. The number of piperazine rings is 1. The number of hydrogen-bond acceptors (Lipinski definition) is 4. The lowest BCUT2D eigenvalue weighted by atomic mass is 10.1. The average molecular weight is 352 g/mol. The number of anilines is 2. The number of rotatable bonds is 5. The summed E-state index contributed by atoms with van der Waals surface area (Å²) in [7, 11) is 0. The maximum Gasteiger partial charge on any atom is 0.255 e. The molecule has 0 unspecified atom stereocenters. The SMILES string of the molecule is Cc1cccc(C(=O)Nc2ccc(N3CCN(CC(C)C)CC3)nc2)c1. The van der Waals surface area contributed by atoms with E-state index in [1.54, 1.807) is 6.20 Å². The quantitative estimate of drug-likeness (QED) is 0.896. The van der Waals surface area contributed by atoms with E-state index in [2.05, 4.69) is 33.9 Å². The summed E-state index contributed by atoms with van der Waals surface area (Å²) in [6.45, 7) is 11.8. The van der Waals surface area contributed by atoms with Gasteiger partial charge in [-0.3, -0.25) is 9.69 Å². The second kappa shape index (κ2) is 8.32. The van der Waals surface area contributed by atoms with E-state index in [0.29, 0.717) is 11.5 Å². The molecule has 2 heterocycles. The third-order valence-corrected chi connectivity index (χ3v) is 4.61. The number of carbonyl (C=O) groups excluding carboxylic acids is 1. The summed E-state index contributed by atoms with van der Waals surface area (Å²) in [5.41, 5.74) is 2.46. The zero-order valence-electron chi connectivity index (χ0n) is 15.9. The molecule has 1 aliphatic heterocycles. The Balaban J connectivity index is 1.56. The standard InChI is InChI=1S/C21H28N4O/c1-16(2)15-24-9-11-25(12-10-24)20-8-7-19(14-22-20)23-21(26)18-6-4-5-17(3)13-18/h4-8,13-14,16H,9-12,15H2,1-3H3,(H,23,26). The summed E-state index contributed by atoms with van der Waals surface area (Å²) in [5, 5.41) is 2.92. The van der Waals surface area contributed by atoms with Crippen molar-refractivity contribution in [1.29, 1.82) is 0 Å².